The van der Waals surface area contributed by atoms with Crippen molar-refractivity contribution in [2.24, 2.45) is 0 Å². The summed E-state index contributed by atoms with van der Waals surface area (Å²) in [5.41, 5.74) is 1.72. The van der Waals surface area contributed by atoms with Crippen LogP contribution in [0.5, 0.6) is 0 Å². The number of hydrogen-bond donors (Lipinski definition) is 0. The predicted molar refractivity (Wildman–Crippen MR) is 63.6 cm³/mol. The third-order valence-electron chi connectivity index (χ3n) is 2.90. The molecule has 0 aromatic heterocycles. The molecular formula is C13H15NO3. The number of amides is 1. The van der Waals surface area contributed by atoms with Crippen molar-refractivity contribution in [3.8, 4) is 0 Å². The second-order valence-electron chi connectivity index (χ2n) is 4.13. The molecule has 1 heterocycles. The standard InChI is InChI=1S/C13H15NO3/c1-10(6-8-15)11-4-2-3-5-12(11)14-13(16)7-9-17-14/h2-5,8,10H,6-7,9H2,1H3. The number of carbonyl (C=O) groups excluding carboxylic acids is 2. The number of aldehydes is 1. The predicted octanol–water partition coefficient (Wildman–Crippen LogP) is 2.05. The summed E-state index contributed by atoms with van der Waals surface area (Å²) in [5.74, 6) is 0.0523. The minimum atomic E-state index is -0.0317. The summed E-state index contributed by atoms with van der Waals surface area (Å²) in [6.07, 6.45) is 1.75. The lowest BCUT2D eigenvalue weighted by Gasteiger charge is -2.20. The van der Waals surface area contributed by atoms with E-state index >= 15 is 0 Å². The first kappa shape index (κ1) is 11.8. The van der Waals surface area contributed by atoms with Crippen LogP contribution in [-0.2, 0) is 14.4 Å². The number of nitrogens with zero attached hydrogens (tertiary/aromatic N) is 1. The van der Waals surface area contributed by atoms with E-state index in [2.05, 4.69) is 0 Å². The van der Waals surface area contributed by atoms with Crippen LogP contribution in [0, 0.1) is 0 Å². The third-order valence-corrected chi connectivity index (χ3v) is 2.90. The average Bonchev–Trinajstić information content (AvgIpc) is 2.76. The van der Waals surface area contributed by atoms with E-state index in [1.54, 1.807) is 0 Å². The first-order valence-corrected chi connectivity index (χ1v) is 5.72. The Morgan fingerprint density at radius 3 is 2.88 bits per heavy atom. The Bertz CT molecular complexity index is 430. The lowest BCUT2D eigenvalue weighted by Crippen LogP contribution is -2.23. The van der Waals surface area contributed by atoms with Gasteiger partial charge in [0.25, 0.3) is 5.91 Å². The van der Waals surface area contributed by atoms with Crippen LogP contribution in [0.2, 0.25) is 0 Å². The van der Waals surface area contributed by atoms with Gasteiger partial charge in [-0.15, -0.1) is 0 Å². The van der Waals surface area contributed by atoms with E-state index in [-0.39, 0.29) is 11.8 Å². The van der Waals surface area contributed by atoms with Crippen molar-refractivity contribution < 1.29 is 14.4 Å². The molecule has 90 valence electrons. The Labute approximate surface area is 100 Å². The molecule has 1 aromatic carbocycles. The van der Waals surface area contributed by atoms with E-state index in [4.69, 9.17) is 4.84 Å². The van der Waals surface area contributed by atoms with Crippen molar-refractivity contribution in [2.45, 2.75) is 25.7 Å². The number of rotatable bonds is 4. The molecule has 0 saturated carbocycles. The molecule has 4 heteroatoms. The Hall–Kier alpha value is -1.68. The number of anilines is 1. The molecule has 1 amide bonds. The van der Waals surface area contributed by atoms with Crippen molar-refractivity contribution in [1.29, 1.82) is 0 Å². The molecule has 0 N–H and O–H groups in total. The number of para-hydroxylation sites is 1. The maximum atomic E-state index is 11.6. The molecule has 1 unspecified atom stereocenters. The molecule has 0 radical (unpaired) electrons. The summed E-state index contributed by atoms with van der Waals surface area (Å²) < 4.78 is 0. The quantitative estimate of drug-likeness (QED) is 0.748. The van der Waals surface area contributed by atoms with Crippen LogP contribution >= 0.6 is 0 Å². The summed E-state index contributed by atoms with van der Waals surface area (Å²) in [5, 5.41) is 1.34. The highest BCUT2D eigenvalue weighted by molar-refractivity contribution is 5.93. The van der Waals surface area contributed by atoms with Gasteiger partial charge in [0.05, 0.1) is 18.7 Å². The van der Waals surface area contributed by atoms with Gasteiger partial charge < -0.3 is 4.79 Å². The van der Waals surface area contributed by atoms with Gasteiger partial charge in [-0.25, -0.2) is 0 Å². The minimum absolute atomic E-state index is 0.0317. The number of benzene rings is 1. The van der Waals surface area contributed by atoms with Crippen LogP contribution in [-0.4, -0.2) is 18.8 Å². The zero-order chi connectivity index (χ0) is 12.3. The second kappa shape index (κ2) is 5.10. The van der Waals surface area contributed by atoms with Crippen LogP contribution in [0.4, 0.5) is 5.69 Å². The summed E-state index contributed by atoms with van der Waals surface area (Å²) >= 11 is 0. The Balaban J connectivity index is 2.33. The summed E-state index contributed by atoms with van der Waals surface area (Å²) in [4.78, 5) is 27.5. The van der Waals surface area contributed by atoms with Crippen LogP contribution < -0.4 is 5.06 Å². The van der Waals surface area contributed by atoms with E-state index in [9.17, 15) is 9.59 Å². The van der Waals surface area contributed by atoms with E-state index in [0.29, 0.717) is 19.4 Å². The maximum absolute atomic E-state index is 11.6. The highest BCUT2D eigenvalue weighted by Crippen LogP contribution is 2.31. The van der Waals surface area contributed by atoms with E-state index in [0.717, 1.165) is 17.5 Å². The Morgan fingerprint density at radius 1 is 1.47 bits per heavy atom. The average molecular weight is 233 g/mol. The summed E-state index contributed by atoms with van der Waals surface area (Å²) in [6.45, 7) is 2.39. The van der Waals surface area contributed by atoms with Crippen LogP contribution in [0.15, 0.2) is 24.3 Å². The van der Waals surface area contributed by atoms with Crippen molar-refractivity contribution in [3.05, 3.63) is 29.8 Å². The molecule has 0 bridgehead atoms. The van der Waals surface area contributed by atoms with Gasteiger partial charge in [0.2, 0.25) is 0 Å². The largest absolute Gasteiger partial charge is 0.303 e. The molecule has 17 heavy (non-hydrogen) atoms. The molecule has 0 aliphatic carbocycles. The molecule has 1 aliphatic rings. The highest BCUT2D eigenvalue weighted by Gasteiger charge is 2.26. The Kier molecular flexibility index (Phi) is 3.54. The van der Waals surface area contributed by atoms with Gasteiger partial charge in [0.15, 0.2) is 0 Å². The molecule has 0 spiro atoms. The van der Waals surface area contributed by atoms with Crippen molar-refractivity contribution in [3.63, 3.8) is 0 Å². The zero-order valence-electron chi connectivity index (χ0n) is 9.76. The molecule has 2 rings (SSSR count). The lowest BCUT2D eigenvalue weighted by molar-refractivity contribution is -0.119. The number of hydroxylamine groups is 1. The second-order valence-corrected chi connectivity index (χ2v) is 4.13. The molecule has 1 fully saturated rings. The normalized spacial score (nSPS) is 17.2. The first-order valence-electron chi connectivity index (χ1n) is 5.72. The van der Waals surface area contributed by atoms with Crippen LogP contribution in [0.25, 0.3) is 0 Å². The molecule has 4 nitrogen and oxygen atoms in total. The monoisotopic (exact) mass is 233 g/mol. The summed E-state index contributed by atoms with van der Waals surface area (Å²) in [7, 11) is 0. The van der Waals surface area contributed by atoms with Crippen LogP contribution in [0.3, 0.4) is 0 Å². The molecular weight excluding hydrogens is 218 g/mol. The number of carbonyl (C=O) groups is 2. The van der Waals surface area contributed by atoms with Crippen LogP contribution in [0.1, 0.15) is 31.2 Å². The summed E-state index contributed by atoms with van der Waals surface area (Å²) in [6, 6.07) is 7.54. The van der Waals surface area contributed by atoms with E-state index in [1.165, 1.54) is 5.06 Å². The fourth-order valence-electron chi connectivity index (χ4n) is 1.96. The van der Waals surface area contributed by atoms with Gasteiger partial charge in [-0.3, -0.25) is 9.63 Å². The molecule has 1 atom stereocenters. The fraction of sp³-hybridized carbons (Fsp3) is 0.385. The topological polar surface area (TPSA) is 46.6 Å². The van der Waals surface area contributed by atoms with Gasteiger partial charge in [-0.2, -0.15) is 5.06 Å². The molecule has 1 saturated heterocycles. The Morgan fingerprint density at radius 2 is 2.24 bits per heavy atom. The van der Waals surface area contributed by atoms with Crippen molar-refractivity contribution >= 4 is 17.9 Å². The van der Waals surface area contributed by atoms with Crippen molar-refractivity contribution in [2.75, 3.05) is 11.7 Å². The van der Waals surface area contributed by atoms with Gasteiger partial charge in [-0.1, -0.05) is 25.1 Å². The zero-order valence-corrected chi connectivity index (χ0v) is 9.76. The number of hydrogen-bond acceptors (Lipinski definition) is 3. The van der Waals surface area contributed by atoms with Gasteiger partial charge >= 0.3 is 0 Å². The SMILES string of the molecule is CC(CC=O)c1ccccc1N1OCCC1=O. The molecule has 1 aromatic rings. The first-order chi connectivity index (χ1) is 8.24. The third kappa shape index (κ3) is 2.36. The van der Waals surface area contributed by atoms with Gasteiger partial charge in [0, 0.05) is 6.42 Å². The maximum Gasteiger partial charge on any atom is 0.253 e. The van der Waals surface area contributed by atoms with E-state index in [1.807, 2.05) is 31.2 Å². The fourth-order valence-corrected chi connectivity index (χ4v) is 1.96. The van der Waals surface area contributed by atoms with Gasteiger partial charge in [-0.05, 0) is 17.5 Å². The van der Waals surface area contributed by atoms with Gasteiger partial charge in [0.1, 0.15) is 6.29 Å². The lowest BCUT2D eigenvalue weighted by atomic mass is 9.96. The minimum Gasteiger partial charge on any atom is -0.303 e. The highest BCUT2D eigenvalue weighted by atomic mass is 16.7. The van der Waals surface area contributed by atoms with E-state index < -0.39 is 0 Å². The molecule has 1 aliphatic heterocycles. The smallest absolute Gasteiger partial charge is 0.253 e. The van der Waals surface area contributed by atoms with Crippen molar-refractivity contribution in [1.82, 2.24) is 0 Å².